The number of amides is 1. The monoisotopic (exact) mass is 305 g/mol. The number of aromatic amines is 1. The van der Waals surface area contributed by atoms with Gasteiger partial charge < -0.3 is 10.4 Å². The van der Waals surface area contributed by atoms with E-state index in [1.165, 1.54) is 6.92 Å². The number of carbonyl (C=O) groups is 1. The largest absolute Gasteiger partial charge is 0.385 e. The summed E-state index contributed by atoms with van der Waals surface area (Å²) in [5.41, 5.74) is 0.867. The molecule has 0 unspecified atom stereocenters. The van der Waals surface area contributed by atoms with E-state index in [1.54, 1.807) is 6.20 Å². The first-order valence-electron chi connectivity index (χ1n) is 7.12. The molecule has 21 heavy (non-hydrogen) atoms. The van der Waals surface area contributed by atoms with Gasteiger partial charge in [-0.05, 0) is 30.5 Å². The number of rotatable bonds is 2. The van der Waals surface area contributed by atoms with E-state index >= 15 is 0 Å². The molecule has 6 heteroatoms. The summed E-state index contributed by atoms with van der Waals surface area (Å²) in [5, 5.41) is 22.5. The van der Waals surface area contributed by atoms with Crippen LogP contribution in [-0.2, 0) is 10.4 Å². The maximum Gasteiger partial charge on any atom is 0.217 e. The minimum atomic E-state index is -0.831. The molecule has 4 atom stereocenters. The molecular weight excluding hydrogens is 290 g/mol. The predicted molar refractivity (Wildman–Crippen MR) is 78.8 cm³/mol. The maximum atomic E-state index is 11.1. The lowest BCUT2D eigenvalue weighted by molar-refractivity contribution is -0.119. The molecule has 4 rings (SSSR count). The highest BCUT2D eigenvalue weighted by molar-refractivity contribution is 6.31. The Morgan fingerprint density at radius 2 is 2.19 bits per heavy atom. The smallest absolute Gasteiger partial charge is 0.217 e. The fourth-order valence-corrected chi connectivity index (χ4v) is 4.29. The second-order valence-corrected chi connectivity index (χ2v) is 6.63. The molecule has 3 N–H and O–H groups in total. The van der Waals surface area contributed by atoms with Gasteiger partial charge in [-0.1, -0.05) is 11.6 Å². The van der Waals surface area contributed by atoms with Crippen molar-refractivity contribution in [1.82, 2.24) is 15.5 Å². The molecule has 0 aliphatic heterocycles. The highest BCUT2D eigenvalue weighted by atomic mass is 35.5. The van der Waals surface area contributed by atoms with Crippen LogP contribution in [0.2, 0.25) is 5.02 Å². The van der Waals surface area contributed by atoms with Gasteiger partial charge in [0, 0.05) is 35.2 Å². The van der Waals surface area contributed by atoms with E-state index < -0.39 is 5.60 Å². The van der Waals surface area contributed by atoms with Crippen molar-refractivity contribution < 1.29 is 9.90 Å². The molecule has 0 spiro atoms. The van der Waals surface area contributed by atoms with Gasteiger partial charge in [-0.3, -0.25) is 9.89 Å². The average Bonchev–Trinajstić information content (AvgIpc) is 2.83. The Bertz CT molecular complexity index is 730. The second kappa shape index (κ2) is 4.21. The second-order valence-electron chi connectivity index (χ2n) is 6.19. The Labute approximate surface area is 126 Å². The quantitative estimate of drug-likeness (QED) is 0.793. The summed E-state index contributed by atoms with van der Waals surface area (Å²) in [4.78, 5) is 11.1. The van der Waals surface area contributed by atoms with Gasteiger partial charge in [-0.15, -0.1) is 0 Å². The first kappa shape index (κ1) is 13.1. The third-order valence-corrected chi connectivity index (χ3v) is 5.16. The van der Waals surface area contributed by atoms with Crippen molar-refractivity contribution in [2.45, 2.75) is 31.4 Å². The number of H-pyrrole nitrogens is 1. The lowest BCUT2D eigenvalue weighted by atomic mass is 9.94. The summed E-state index contributed by atoms with van der Waals surface area (Å²) in [6.45, 7) is 1.53. The minimum Gasteiger partial charge on any atom is -0.385 e. The summed E-state index contributed by atoms with van der Waals surface area (Å²) in [6, 6.07) is 3.83. The number of carbonyl (C=O) groups excluding carboxylic acids is 1. The lowest BCUT2D eigenvalue weighted by Gasteiger charge is -2.21. The van der Waals surface area contributed by atoms with Gasteiger partial charge in [0.25, 0.3) is 0 Å². The van der Waals surface area contributed by atoms with Gasteiger partial charge in [0.15, 0.2) is 0 Å². The third-order valence-electron chi connectivity index (χ3n) is 4.95. The van der Waals surface area contributed by atoms with Crippen LogP contribution in [0.15, 0.2) is 18.3 Å². The van der Waals surface area contributed by atoms with Crippen LogP contribution in [0.3, 0.4) is 0 Å². The Morgan fingerprint density at radius 1 is 1.48 bits per heavy atom. The zero-order valence-corrected chi connectivity index (χ0v) is 12.3. The van der Waals surface area contributed by atoms with E-state index in [-0.39, 0.29) is 23.8 Å². The van der Waals surface area contributed by atoms with Crippen LogP contribution in [0.5, 0.6) is 0 Å². The van der Waals surface area contributed by atoms with Gasteiger partial charge >= 0.3 is 0 Å². The zero-order valence-electron chi connectivity index (χ0n) is 11.6. The van der Waals surface area contributed by atoms with Gasteiger partial charge in [0.2, 0.25) is 5.91 Å². The van der Waals surface area contributed by atoms with Crippen LogP contribution in [-0.4, -0.2) is 27.3 Å². The number of halogens is 1. The van der Waals surface area contributed by atoms with E-state index in [0.29, 0.717) is 5.02 Å². The zero-order chi connectivity index (χ0) is 14.8. The summed E-state index contributed by atoms with van der Waals surface area (Å²) in [7, 11) is 0. The van der Waals surface area contributed by atoms with Gasteiger partial charge in [0.1, 0.15) is 0 Å². The topological polar surface area (TPSA) is 78.0 Å². The number of aromatic nitrogens is 2. The number of hydrogen-bond acceptors (Lipinski definition) is 3. The van der Waals surface area contributed by atoms with E-state index in [4.69, 9.17) is 11.6 Å². The highest BCUT2D eigenvalue weighted by Gasteiger charge is 2.69. The molecule has 0 radical (unpaired) electrons. The van der Waals surface area contributed by atoms with Gasteiger partial charge in [-0.2, -0.15) is 5.10 Å². The Morgan fingerprint density at radius 3 is 2.86 bits per heavy atom. The van der Waals surface area contributed by atoms with Crippen LogP contribution in [0, 0.1) is 11.8 Å². The predicted octanol–water partition coefficient (Wildman–Crippen LogP) is 1.95. The van der Waals surface area contributed by atoms with E-state index in [1.807, 2.05) is 12.1 Å². The number of benzene rings is 1. The molecule has 2 fully saturated rings. The molecule has 1 heterocycles. The molecule has 5 nitrogen and oxygen atoms in total. The third kappa shape index (κ3) is 1.80. The van der Waals surface area contributed by atoms with E-state index in [2.05, 4.69) is 15.5 Å². The van der Waals surface area contributed by atoms with Crippen molar-refractivity contribution in [2.75, 3.05) is 0 Å². The van der Waals surface area contributed by atoms with Crippen molar-refractivity contribution >= 4 is 28.4 Å². The molecule has 1 amide bonds. The molecule has 1 aromatic carbocycles. The Hall–Kier alpha value is -1.59. The first-order valence-corrected chi connectivity index (χ1v) is 7.50. The molecule has 2 aliphatic rings. The molecule has 0 saturated heterocycles. The van der Waals surface area contributed by atoms with Crippen molar-refractivity contribution in [2.24, 2.45) is 11.8 Å². The molecule has 1 aromatic heterocycles. The van der Waals surface area contributed by atoms with E-state index in [0.717, 1.165) is 29.3 Å². The molecule has 2 aromatic rings. The normalized spacial score (nSPS) is 34.0. The number of nitrogens with zero attached hydrogens (tertiary/aromatic N) is 1. The minimum absolute atomic E-state index is 0.00943. The Kier molecular flexibility index (Phi) is 2.63. The molecule has 110 valence electrons. The highest BCUT2D eigenvalue weighted by Crippen LogP contribution is 2.67. The van der Waals surface area contributed by atoms with Crippen LogP contribution < -0.4 is 5.32 Å². The van der Waals surface area contributed by atoms with Crippen molar-refractivity contribution in [3.63, 3.8) is 0 Å². The summed E-state index contributed by atoms with van der Waals surface area (Å²) < 4.78 is 0. The van der Waals surface area contributed by atoms with Crippen molar-refractivity contribution in [3.8, 4) is 0 Å². The lowest BCUT2D eigenvalue weighted by Crippen LogP contribution is -2.34. The SMILES string of the molecule is CC(=O)N[C@@H]1C[C@@H]2[C@H](C1)[C@]2(O)c1cc(Cl)cc2[nH]ncc12. The van der Waals surface area contributed by atoms with Crippen LogP contribution in [0.25, 0.3) is 10.9 Å². The van der Waals surface area contributed by atoms with E-state index in [9.17, 15) is 9.90 Å². The summed E-state index contributed by atoms with van der Waals surface area (Å²) in [6.07, 6.45) is 3.36. The number of fused-ring (bicyclic) bond motifs is 2. The number of nitrogens with one attached hydrogen (secondary N) is 2. The molecule has 0 bridgehead atoms. The van der Waals surface area contributed by atoms with Gasteiger partial charge in [-0.25, -0.2) is 0 Å². The summed E-state index contributed by atoms with van der Waals surface area (Å²) >= 11 is 6.15. The standard InChI is InChI=1S/C15H16ClN3O2/c1-7(20)18-9-4-12-13(5-9)15(12,21)11-2-8(16)3-14-10(11)6-17-19-14/h2-3,6,9,12-13,21H,4-5H2,1H3,(H,17,19)(H,18,20)/t9-,12-,13+,15+. The number of aliphatic hydroxyl groups is 1. The van der Waals surface area contributed by atoms with Crippen LogP contribution in [0.4, 0.5) is 0 Å². The van der Waals surface area contributed by atoms with Crippen molar-refractivity contribution in [1.29, 1.82) is 0 Å². The molecular formula is C15H16ClN3O2. The Balaban J connectivity index is 1.66. The van der Waals surface area contributed by atoms with Crippen molar-refractivity contribution in [3.05, 3.63) is 28.9 Å². The van der Waals surface area contributed by atoms with Crippen LogP contribution in [0.1, 0.15) is 25.3 Å². The van der Waals surface area contributed by atoms with Gasteiger partial charge in [0.05, 0.1) is 17.3 Å². The average molecular weight is 306 g/mol. The first-order chi connectivity index (χ1) is 10.00. The fourth-order valence-electron chi connectivity index (χ4n) is 4.07. The summed E-state index contributed by atoms with van der Waals surface area (Å²) in [5.74, 6) is 0.363. The molecule has 2 saturated carbocycles. The number of hydrogen-bond donors (Lipinski definition) is 3. The molecule has 2 aliphatic carbocycles. The van der Waals surface area contributed by atoms with Crippen LogP contribution >= 0.6 is 11.6 Å². The fraction of sp³-hybridized carbons (Fsp3) is 0.467. The maximum absolute atomic E-state index is 11.1.